The Morgan fingerprint density at radius 3 is 2.64 bits per heavy atom. The number of likely N-dealkylation sites (tertiary alicyclic amines) is 1. The second kappa shape index (κ2) is 8.49. The Morgan fingerprint density at radius 1 is 1.18 bits per heavy atom. The highest BCUT2D eigenvalue weighted by molar-refractivity contribution is 6.09. The number of hydrogen-bond acceptors (Lipinski definition) is 5. The van der Waals surface area contributed by atoms with Crippen molar-refractivity contribution in [1.29, 1.82) is 0 Å². The Kier molecular flexibility index (Phi) is 6.25. The second-order valence-electron chi connectivity index (χ2n) is 8.25. The van der Waals surface area contributed by atoms with Crippen molar-refractivity contribution in [1.82, 2.24) is 15.1 Å². The summed E-state index contributed by atoms with van der Waals surface area (Å²) in [4.78, 5) is 52.5. The zero-order valence-corrected chi connectivity index (χ0v) is 16.9. The normalized spacial score (nSPS) is 30.5. The van der Waals surface area contributed by atoms with E-state index in [1.165, 1.54) is 0 Å². The number of esters is 1. The van der Waals surface area contributed by atoms with Gasteiger partial charge >= 0.3 is 12.0 Å². The van der Waals surface area contributed by atoms with Crippen LogP contribution in [0.3, 0.4) is 0 Å². The van der Waals surface area contributed by atoms with Gasteiger partial charge in [0.15, 0.2) is 6.61 Å². The Labute approximate surface area is 165 Å². The van der Waals surface area contributed by atoms with Gasteiger partial charge < -0.3 is 15.0 Å². The molecule has 8 heteroatoms. The molecule has 1 N–H and O–H groups in total. The lowest BCUT2D eigenvalue weighted by molar-refractivity contribution is -0.155. The van der Waals surface area contributed by atoms with E-state index in [-0.39, 0.29) is 30.4 Å². The Bertz CT molecular complexity index is 652. The van der Waals surface area contributed by atoms with E-state index in [4.69, 9.17) is 4.74 Å². The summed E-state index contributed by atoms with van der Waals surface area (Å²) in [5.41, 5.74) is -0.895. The van der Waals surface area contributed by atoms with E-state index in [1.807, 2.05) is 13.8 Å². The van der Waals surface area contributed by atoms with Crippen LogP contribution in [0, 0.1) is 5.92 Å². The highest BCUT2D eigenvalue weighted by Gasteiger charge is 2.55. The van der Waals surface area contributed by atoms with Crippen molar-refractivity contribution >= 4 is 23.8 Å². The summed E-state index contributed by atoms with van der Waals surface area (Å²) in [7, 11) is 0. The summed E-state index contributed by atoms with van der Waals surface area (Å²) in [5.74, 6) is -1.27. The molecule has 28 heavy (non-hydrogen) atoms. The van der Waals surface area contributed by atoms with Gasteiger partial charge in [0, 0.05) is 12.6 Å². The fraction of sp³-hybridized carbons (Fsp3) is 0.800. The third-order valence-electron chi connectivity index (χ3n) is 6.56. The SMILES string of the molecule is CC[C@H]1CCCCN1C(=O)COC(=O)CN1C(=O)N[C@@]2(CCCC[C@@H]2C)C1=O. The molecular weight excluding hydrogens is 362 g/mol. The van der Waals surface area contributed by atoms with E-state index in [0.717, 1.165) is 49.8 Å². The number of ether oxygens (including phenoxy) is 1. The van der Waals surface area contributed by atoms with Crippen LogP contribution in [0.2, 0.25) is 0 Å². The lowest BCUT2D eigenvalue weighted by atomic mass is 9.73. The minimum absolute atomic E-state index is 0.0328. The number of amides is 4. The number of rotatable bonds is 5. The van der Waals surface area contributed by atoms with Gasteiger partial charge in [-0.3, -0.25) is 19.3 Å². The van der Waals surface area contributed by atoms with Crippen LogP contribution in [0.1, 0.15) is 65.2 Å². The molecule has 0 unspecified atom stereocenters. The van der Waals surface area contributed by atoms with Gasteiger partial charge in [-0.15, -0.1) is 0 Å². The summed E-state index contributed by atoms with van der Waals surface area (Å²) in [5, 5.41) is 2.81. The molecule has 2 aliphatic heterocycles. The molecule has 3 rings (SSSR count). The minimum Gasteiger partial charge on any atom is -0.454 e. The number of imide groups is 1. The molecule has 8 nitrogen and oxygen atoms in total. The van der Waals surface area contributed by atoms with E-state index in [9.17, 15) is 19.2 Å². The summed E-state index contributed by atoms with van der Waals surface area (Å²) in [6.45, 7) is 3.88. The maximum absolute atomic E-state index is 12.9. The molecule has 4 amide bonds. The molecule has 1 spiro atoms. The molecule has 0 aromatic rings. The standard InChI is InChI=1S/C20H31N3O5/c1-3-15-9-5-7-11-22(15)16(24)13-28-17(25)12-23-18(26)20(21-19(23)27)10-6-4-8-14(20)2/h14-15H,3-13H2,1-2H3,(H,21,27)/t14-,15-,20+/m0/s1. The van der Waals surface area contributed by atoms with E-state index in [2.05, 4.69) is 5.32 Å². The molecule has 0 radical (unpaired) electrons. The zero-order chi connectivity index (χ0) is 20.3. The molecule has 2 heterocycles. The van der Waals surface area contributed by atoms with Crippen molar-refractivity contribution < 1.29 is 23.9 Å². The first-order chi connectivity index (χ1) is 13.4. The quantitative estimate of drug-likeness (QED) is 0.568. The maximum atomic E-state index is 12.9. The van der Waals surface area contributed by atoms with Gasteiger partial charge in [-0.05, 0) is 44.4 Å². The van der Waals surface area contributed by atoms with Gasteiger partial charge in [-0.2, -0.15) is 0 Å². The smallest absolute Gasteiger partial charge is 0.326 e. The van der Waals surface area contributed by atoms with Crippen LogP contribution >= 0.6 is 0 Å². The molecule has 3 aliphatic rings. The van der Waals surface area contributed by atoms with Gasteiger partial charge in [-0.25, -0.2) is 4.79 Å². The van der Waals surface area contributed by atoms with Gasteiger partial charge in [0.05, 0.1) is 0 Å². The van der Waals surface area contributed by atoms with E-state index < -0.39 is 24.1 Å². The summed E-state index contributed by atoms with van der Waals surface area (Å²) in [6, 6.07) is -0.359. The van der Waals surface area contributed by atoms with Crippen LogP contribution in [0.25, 0.3) is 0 Å². The number of hydrogen-bond donors (Lipinski definition) is 1. The van der Waals surface area contributed by atoms with Crippen LogP contribution < -0.4 is 5.32 Å². The van der Waals surface area contributed by atoms with E-state index >= 15 is 0 Å². The van der Waals surface area contributed by atoms with Crippen LogP contribution in [0.4, 0.5) is 4.79 Å². The summed E-state index contributed by atoms with van der Waals surface area (Å²) < 4.78 is 5.11. The summed E-state index contributed by atoms with van der Waals surface area (Å²) in [6.07, 6.45) is 7.28. The number of carbonyl (C=O) groups is 4. The molecular formula is C20H31N3O5. The van der Waals surface area contributed by atoms with Gasteiger partial charge in [0.1, 0.15) is 12.1 Å². The fourth-order valence-corrected chi connectivity index (χ4v) is 4.79. The first-order valence-electron chi connectivity index (χ1n) is 10.5. The van der Waals surface area contributed by atoms with Crippen molar-refractivity contribution in [3.63, 3.8) is 0 Å². The first kappa shape index (κ1) is 20.6. The molecule has 0 aromatic heterocycles. The molecule has 3 fully saturated rings. The van der Waals surface area contributed by atoms with Gasteiger partial charge in [-0.1, -0.05) is 26.7 Å². The number of urea groups is 1. The van der Waals surface area contributed by atoms with Crippen LogP contribution in [0.15, 0.2) is 0 Å². The largest absolute Gasteiger partial charge is 0.454 e. The van der Waals surface area contributed by atoms with Crippen LogP contribution in [-0.4, -0.2) is 64.9 Å². The predicted octanol–water partition coefficient (Wildman–Crippen LogP) is 1.82. The van der Waals surface area contributed by atoms with Crippen molar-refractivity contribution in [3.8, 4) is 0 Å². The zero-order valence-electron chi connectivity index (χ0n) is 16.9. The highest BCUT2D eigenvalue weighted by Crippen LogP contribution is 2.38. The lowest BCUT2D eigenvalue weighted by Gasteiger charge is -2.36. The monoisotopic (exact) mass is 393 g/mol. The van der Waals surface area contributed by atoms with Crippen molar-refractivity contribution in [3.05, 3.63) is 0 Å². The molecule has 0 aromatic carbocycles. The number of nitrogens with one attached hydrogen (secondary N) is 1. The number of carbonyl (C=O) groups excluding carboxylic acids is 4. The number of nitrogens with zero attached hydrogens (tertiary/aromatic N) is 2. The predicted molar refractivity (Wildman–Crippen MR) is 101 cm³/mol. The molecule has 2 saturated heterocycles. The van der Waals surface area contributed by atoms with Crippen molar-refractivity contribution in [2.24, 2.45) is 5.92 Å². The van der Waals surface area contributed by atoms with Crippen LogP contribution in [0.5, 0.6) is 0 Å². The third kappa shape index (κ3) is 3.86. The fourth-order valence-electron chi connectivity index (χ4n) is 4.79. The topological polar surface area (TPSA) is 96.0 Å². The van der Waals surface area contributed by atoms with Gasteiger partial charge in [0.25, 0.3) is 11.8 Å². The van der Waals surface area contributed by atoms with Crippen molar-refractivity contribution in [2.45, 2.75) is 76.8 Å². The molecule has 1 aliphatic carbocycles. The average molecular weight is 393 g/mol. The van der Waals surface area contributed by atoms with Gasteiger partial charge in [0.2, 0.25) is 0 Å². The second-order valence-corrected chi connectivity index (χ2v) is 8.25. The molecule has 156 valence electrons. The van der Waals surface area contributed by atoms with E-state index in [1.54, 1.807) is 4.90 Å². The first-order valence-corrected chi connectivity index (χ1v) is 10.5. The Hall–Kier alpha value is -2.12. The third-order valence-corrected chi connectivity index (χ3v) is 6.56. The van der Waals surface area contributed by atoms with Crippen LogP contribution in [-0.2, 0) is 19.1 Å². The lowest BCUT2D eigenvalue weighted by Crippen LogP contribution is -2.54. The molecule has 0 bridgehead atoms. The minimum atomic E-state index is -0.895. The molecule has 1 saturated carbocycles. The summed E-state index contributed by atoms with van der Waals surface area (Å²) >= 11 is 0. The maximum Gasteiger partial charge on any atom is 0.326 e. The number of piperidine rings is 1. The Morgan fingerprint density at radius 2 is 1.93 bits per heavy atom. The van der Waals surface area contributed by atoms with Crippen molar-refractivity contribution in [2.75, 3.05) is 19.7 Å². The average Bonchev–Trinajstić information content (AvgIpc) is 2.93. The Balaban J connectivity index is 1.54. The van der Waals surface area contributed by atoms with E-state index in [0.29, 0.717) is 13.0 Å². The molecule has 3 atom stereocenters. The highest BCUT2D eigenvalue weighted by atomic mass is 16.5.